The fraction of sp³-hybridized carbons (Fsp3) is 0.733. The van der Waals surface area contributed by atoms with E-state index in [0.29, 0.717) is 6.04 Å². The maximum atomic E-state index is 5.49. The molecule has 106 valence electrons. The van der Waals surface area contributed by atoms with E-state index in [2.05, 4.69) is 43.0 Å². The van der Waals surface area contributed by atoms with Gasteiger partial charge in [0.2, 0.25) is 5.88 Å². The predicted molar refractivity (Wildman–Crippen MR) is 76.7 cm³/mol. The highest BCUT2D eigenvalue weighted by Crippen LogP contribution is 2.27. The first-order valence-corrected chi connectivity index (χ1v) is 7.07. The molecule has 0 bridgehead atoms. The van der Waals surface area contributed by atoms with Gasteiger partial charge in [0.05, 0.1) is 7.11 Å². The zero-order chi connectivity index (χ0) is 14.0. The fourth-order valence-corrected chi connectivity index (χ4v) is 2.49. The van der Waals surface area contributed by atoms with Crippen molar-refractivity contribution in [1.82, 2.24) is 15.3 Å². The molecule has 1 aliphatic heterocycles. The van der Waals surface area contributed by atoms with Crippen LogP contribution in [-0.4, -0.2) is 29.7 Å². The molecule has 0 radical (unpaired) electrons. The molecule has 1 atom stereocenters. The molecule has 1 aromatic rings. The standard InChI is InChI=1S/C15H25N3O/c1-10-12(9-11-7-6-8-16-11)13(19-5)18-14(17-10)15(2,3)4/h11,16H,6-9H2,1-5H3. The molecule has 2 rings (SSSR count). The Morgan fingerprint density at radius 3 is 2.58 bits per heavy atom. The van der Waals surface area contributed by atoms with E-state index in [0.717, 1.165) is 35.9 Å². The van der Waals surface area contributed by atoms with Crippen LogP contribution in [0.1, 0.15) is 50.7 Å². The second-order valence-corrected chi connectivity index (χ2v) is 6.37. The van der Waals surface area contributed by atoms with Gasteiger partial charge in [-0.15, -0.1) is 0 Å². The van der Waals surface area contributed by atoms with Crippen molar-refractivity contribution in [2.24, 2.45) is 0 Å². The van der Waals surface area contributed by atoms with E-state index < -0.39 is 0 Å². The average molecular weight is 263 g/mol. The molecular formula is C15H25N3O. The molecule has 2 heterocycles. The highest BCUT2D eigenvalue weighted by molar-refractivity contribution is 5.32. The van der Waals surface area contributed by atoms with Crippen LogP contribution in [0, 0.1) is 6.92 Å². The topological polar surface area (TPSA) is 47.0 Å². The zero-order valence-corrected chi connectivity index (χ0v) is 12.7. The summed E-state index contributed by atoms with van der Waals surface area (Å²) >= 11 is 0. The summed E-state index contributed by atoms with van der Waals surface area (Å²) in [6.45, 7) is 9.55. The first kappa shape index (κ1) is 14.3. The molecule has 1 fully saturated rings. The summed E-state index contributed by atoms with van der Waals surface area (Å²) in [5.41, 5.74) is 2.14. The van der Waals surface area contributed by atoms with Crippen molar-refractivity contribution in [3.63, 3.8) is 0 Å². The van der Waals surface area contributed by atoms with Crippen molar-refractivity contribution >= 4 is 0 Å². The fourth-order valence-electron chi connectivity index (χ4n) is 2.49. The largest absolute Gasteiger partial charge is 0.481 e. The third kappa shape index (κ3) is 3.24. The Balaban J connectivity index is 2.32. The number of nitrogens with one attached hydrogen (secondary N) is 1. The summed E-state index contributed by atoms with van der Waals surface area (Å²) in [6, 6.07) is 0.539. The minimum atomic E-state index is -0.0534. The lowest BCUT2D eigenvalue weighted by atomic mass is 9.95. The third-order valence-corrected chi connectivity index (χ3v) is 3.65. The lowest BCUT2D eigenvalue weighted by Crippen LogP contribution is -2.25. The van der Waals surface area contributed by atoms with Crippen LogP contribution in [0.3, 0.4) is 0 Å². The summed E-state index contributed by atoms with van der Waals surface area (Å²) in [7, 11) is 1.69. The van der Waals surface area contributed by atoms with E-state index in [-0.39, 0.29) is 5.41 Å². The van der Waals surface area contributed by atoms with Crippen molar-refractivity contribution in [2.45, 2.75) is 58.4 Å². The van der Waals surface area contributed by atoms with Crippen molar-refractivity contribution in [1.29, 1.82) is 0 Å². The number of aryl methyl sites for hydroxylation is 1. The highest BCUT2D eigenvalue weighted by Gasteiger charge is 2.24. The number of hydrogen-bond donors (Lipinski definition) is 1. The van der Waals surface area contributed by atoms with Crippen LogP contribution in [-0.2, 0) is 11.8 Å². The van der Waals surface area contributed by atoms with Gasteiger partial charge in [0.1, 0.15) is 5.82 Å². The maximum Gasteiger partial charge on any atom is 0.219 e. The Hall–Kier alpha value is -1.16. The molecule has 4 heteroatoms. The average Bonchev–Trinajstić information content (AvgIpc) is 2.83. The van der Waals surface area contributed by atoms with Gasteiger partial charge >= 0.3 is 0 Å². The van der Waals surface area contributed by atoms with Crippen molar-refractivity contribution in [3.05, 3.63) is 17.1 Å². The van der Waals surface area contributed by atoms with Crippen molar-refractivity contribution in [2.75, 3.05) is 13.7 Å². The number of ether oxygens (including phenoxy) is 1. The van der Waals surface area contributed by atoms with Crippen molar-refractivity contribution < 1.29 is 4.74 Å². The molecule has 1 aliphatic rings. The van der Waals surface area contributed by atoms with Gasteiger partial charge in [0.25, 0.3) is 0 Å². The summed E-state index contributed by atoms with van der Waals surface area (Å²) < 4.78 is 5.49. The number of rotatable bonds is 3. The van der Waals surface area contributed by atoms with Gasteiger partial charge in [-0.05, 0) is 32.7 Å². The number of aromatic nitrogens is 2. The normalized spacial score (nSPS) is 19.7. The number of methoxy groups -OCH3 is 1. The summed E-state index contributed by atoms with van der Waals surface area (Å²) in [6.07, 6.45) is 3.44. The van der Waals surface area contributed by atoms with Crippen LogP contribution in [0.2, 0.25) is 0 Å². The van der Waals surface area contributed by atoms with Gasteiger partial charge in [0, 0.05) is 22.7 Å². The Kier molecular flexibility index (Phi) is 4.09. The Morgan fingerprint density at radius 1 is 1.32 bits per heavy atom. The molecule has 4 nitrogen and oxygen atoms in total. The summed E-state index contributed by atoms with van der Waals surface area (Å²) in [5.74, 6) is 1.59. The third-order valence-electron chi connectivity index (χ3n) is 3.65. The number of hydrogen-bond acceptors (Lipinski definition) is 4. The minimum absolute atomic E-state index is 0.0534. The van der Waals surface area contributed by atoms with Crippen molar-refractivity contribution in [3.8, 4) is 5.88 Å². The van der Waals surface area contributed by atoms with Gasteiger partial charge in [0.15, 0.2) is 0 Å². The second-order valence-electron chi connectivity index (χ2n) is 6.37. The van der Waals surface area contributed by atoms with E-state index in [1.54, 1.807) is 7.11 Å². The van der Waals surface area contributed by atoms with E-state index in [1.807, 2.05) is 0 Å². The first-order chi connectivity index (χ1) is 8.91. The van der Waals surface area contributed by atoms with Crippen LogP contribution in [0.5, 0.6) is 5.88 Å². The molecule has 19 heavy (non-hydrogen) atoms. The molecule has 0 saturated carbocycles. The molecule has 1 N–H and O–H groups in total. The van der Waals surface area contributed by atoms with Crippen LogP contribution in [0.15, 0.2) is 0 Å². The smallest absolute Gasteiger partial charge is 0.219 e. The molecule has 1 saturated heterocycles. The highest BCUT2D eigenvalue weighted by atomic mass is 16.5. The van der Waals surface area contributed by atoms with Crippen LogP contribution < -0.4 is 10.1 Å². The molecule has 1 unspecified atom stereocenters. The van der Waals surface area contributed by atoms with Gasteiger partial charge in [-0.1, -0.05) is 20.8 Å². The first-order valence-electron chi connectivity index (χ1n) is 7.07. The van der Waals surface area contributed by atoms with E-state index >= 15 is 0 Å². The van der Waals surface area contributed by atoms with Gasteiger partial charge in [-0.25, -0.2) is 4.98 Å². The lowest BCUT2D eigenvalue weighted by Gasteiger charge is -2.21. The molecule has 0 aliphatic carbocycles. The van der Waals surface area contributed by atoms with Crippen LogP contribution in [0.25, 0.3) is 0 Å². The van der Waals surface area contributed by atoms with E-state index in [4.69, 9.17) is 4.74 Å². The lowest BCUT2D eigenvalue weighted by molar-refractivity contribution is 0.379. The van der Waals surface area contributed by atoms with Gasteiger partial charge in [-0.3, -0.25) is 0 Å². The minimum Gasteiger partial charge on any atom is -0.481 e. The van der Waals surface area contributed by atoms with Gasteiger partial charge in [-0.2, -0.15) is 4.98 Å². The molecule has 0 spiro atoms. The number of nitrogens with zero attached hydrogens (tertiary/aromatic N) is 2. The molecule has 1 aromatic heterocycles. The maximum absolute atomic E-state index is 5.49. The quantitative estimate of drug-likeness (QED) is 0.909. The van der Waals surface area contributed by atoms with E-state index in [1.165, 1.54) is 12.8 Å². The Labute approximate surface area is 116 Å². The molecular weight excluding hydrogens is 238 g/mol. The monoisotopic (exact) mass is 263 g/mol. The zero-order valence-electron chi connectivity index (χ0n) is 12.7. The second kappa shape index (κ2) is 5.45. The Bertz CT molecular complexity index is 445. The Morgan fingerprint density at radius 2 is 2.05 bits per heavy atom. The molecule has 0 amide bonds. The molecule has 0 aromatic carbocycles. The van der Waals surface area contributed by atoms with Gasteiger partial charge < -0.3 is 10.1 Å². The predicted octanol–water partition coefficient (Wildman–Crippen LogP) is 2.39. The van der Waals surface area contributed by atoms with E-state index in [9.17, 15) is 0 Å². The summed E-state index contributed by atoms with van der Waals surface area (Å²) in [4.78, 5) is 9.28. The van der Waals surface area contributed by atoms with Crippen LogP contribution in [0.4, 0.5) is 0 Å². The SMILES string of the molecule is COc1nc(C(C)(C)C)nc(C)c1CC1CCCN1. The van der Waals surface area contributed by atoms with Crippen LogP contribution >= 0.6 is 0 Å². The summed E-state index contributed by atoms with van der Waals surface area (Å²) in [5, 5.41) is 3.52.